The van der Waals surface area contributed by atoms with Crippen molar-refractivity contribution in [2.75, 3.05) is 18.1 Å². The molecule has 1 atom stereocenters. The smallest absolute Gasteiger partial charge is 0.472 e. The number of fused-ring (bicyclic) bond motifs is 2. The SMILES string of the molecule is Cc1cc2c(OCC3CCCN3c3ncnc4[nH]cnc34)cccc2n1C(=O)C(F)(F)F. The van der Waals surface area contributed by atoms with Crippen molar-refractivity contribution in [3.05, 3.63) is 42.6 Å². The fourth-order valence-electron chi connectivity index (χ4n) is 4.29. The van der Waals surface area contributed by atoms with Crippen LogP contribution in [-0.2, 0) is 0 Å². The minimum atomic E-state index is -4.97. The van der Waals surface area contributed by atoms with E-state index in [1.54, 1.807) is 24.5 Å². The second-order valence-corrected chi connectivity index (χ2v) is 7.71. The third-order valence-corrected chi connectivity index (χ3v) is 5.71. The molecule has 1 aliphatic rings. The van der Waals surface area contributed by atoms with Crippen LogP contribution in [0.3, 0.4) is 0 Å². The Balaban J connectivity index is 1.42. The van der Waals surface area contributed by atoms with Gasteiger partial charge in [0.25, 0.3) is 0 Å². The van der Waals surface area contributed by atoms with E-state index in [4.69, 9.17) is 4.74 Å². The normalized spacial score (nSPS) is 16.9. The Bertz CT molecular complexity index is 1310. The van der Waals surface area contributed by atoms with Gasteiger partial charge in [-0.3, -0.25) is 9.36 Å². The molecule has 1 fully saturated rings. The molecule has 11 heteroatoms. The number of nitrogens with zero attached hydrogens (tertiary/aromatic N) is 5. The largest absolute Gasteiger partial charge is 0.491 e. The molecule has 1 saturated heterocycles. The van der Waals surface area contributed by atoms with Gasteiger partial charge in [-0.25, -0.2) is 15.0 Å². The van der Waals surface area contributed by atoms with Crippen LogP contribution in [0.25, 0.3) is 22.1 Å². The van der Waals surface area contributed by atoms with Gasteiger partial charge in [-0.15, -0.1) is 0 Å². The van der Waals surface area contributed by atoms with E-state index in [1.807, 2.05) is 0 Å². The molecule has 166 valence electrons. The second-order valence-electron chi connectivity index (χ2n) is 7.71. The van der Waals surface area contributed by atoms with E-state index in [-0.39, 0.29) is 17.3 Å². The Kier molecular flexibility index (Phi) is 4.75. The highest BCUT2D eigenvalue weighted by Gasteiger charge is 2.41. The van der Waals surface area contributed by atoms with Crippen LogP contribution in [0.15, 0.2) is 36.9 Å². The summed E-state index contributed by atoms with van der Waals surface area (Å²) in [7, 11) is 0. The predicted molar refractivity (Wildman–Crippen MR) is 111 cm³/mol. The van der Waals surface area contributed by atoms with Crippen LogP contribution < -0.4 is 9.64 Å². The maximum atomic E-state index is 13.0. The summed E-state index contributed by atoms with van der Waals surface area (Å²) < 4.78 is 45.9. The molecular weight excluding hydrogens is 425 g/mol. The third-order valence-electron chi connectivity index (χ3n) is 5.71. The minimum absolute atomic E-state index is 0.0139. The first-order valence-corrected chi connectivity index (χ1v) is 10.1. The molecule has 0 spiro atoms. The number of hydrogen-bond acceptors (Lipinski definition) is 6. The zero-order valence-corrected chi connectivity index (χ0v) is 17.1. The molecule has 1 aromatic carbocycles. The van der Waals surface area contributed by atoms with Gasteiger partial charge in [-0.2, -0.15) is 13.2 Å². The lowest BCUT2D eigenvalue weighted by Crippen LogP contribution is -2.35. The van der Waals surface area contributed by atoms with Gasteiger partial charge >= 0.3 is 12.1 Å². The van der Waals surface area contributed by atoms with Gasteiger partial charge in [0.05, 0.1) is 17.9 Å². The first-order valence-electron chi connectivity index (χ1n) is 10.1. The molecular formula is C21H19F3N6O2. The van der Waals surface area contributed by atoms with E-state index in [1.165, 1.54) is 19.3 Å². The van der Waals surface area contributed by atoms with Gasteiger partial charge in [0.2, 0.25) is 0 Å². The molecule has 1 aliphatic heterocycles. The number of imidazole rings is 1. The molecule has 4 aromatic rings. The fourth-order valence-corrected chi connectivity index (χ4v) is 4.29. The number of benzene rings is 1. The quantitative estimate of drug-likeness (QED) is 0.514. The van der Waals surface area contributed by atoms with Crippen LogP contribution in [-0.4, -0.2) is 55.8 Å². The number of ether oxygens (including phenoxy) is 1. The van der Waals surface area contributed by atoms with Gasteiger partial charge < -0.3 is 14.6 Å². The highest BCUT2D eigenvalue weighted by Crippen LogP contribution is 2.33. The average molecular weight is 444 g/mol. The Morgan fingerprint density at radius 2 is 2.12 bits per heavy atom. The van der Waals surface area contributed by atoms with Crippen molar-refractivity contribution < 1.29 is 22.7 Å². The van der Waals surface area contributed by atoms with Crippen LogP contribution in [0.5, 0.6) is 5.75 Å². The standard InChI is InChI=1S/C21H19F3N6O2/c1-12-8-14-15(30(12)20(31)21(22,23)24)5-2-6-16(14)32-9-13-4-3-7-29(13)19-17-18(26-10-25-17)27-11-28-19/h2,5-6,8,10-11,13H,3-4,7,9H2,1H3,(H,25,26,27,28). The zero-order chi connectivity index (χ0) is 22.5. The number of nitrogens with one attached hydrogen (secondary N) is 1. The number of aryl methyl sites for hydroxylation is 1. The number of aromatic amines is 1. The molecule has 1 unspecified atom stereocenters. The maximum Gasteiger partial charge on any atom is 0.472 e. The van der Waals surface area contributed by atoms with Gasteiger partial charge in [-0.05, 0) is 38.0 Å². The first-order chi connectivity index (χ1) is 15.3. The van der Waals surface area contributed by atoms with E-state index < -0.39 is 12.1 Å². The monoisotopic (exact) mass is 444 g/mol. The number of carbonyl (C=O) groups excluding carboxylic acids is 1. The molecule has 8 nitrogen and oxygen atoms in total. The molecule has 0 bridgehead atoms. The molecule has 1 N–H and O–H groups in total. The van der Waals surface area contributed by atoms with Gasteiger partial charge in [0.15, 0.2) is 11.5 Å². The topological polar surface area (TPSA) is 88.9 Å². The second kappa shape index (κ2) is 7.50. The highest BCUT2D eigenvalue weighted by atomic mass is 19.4. The number of halogens is 3. The number of hydrogen-bond donors (Lipinski definition) is 1. The summed E-state index contributed by atoms with van der Waals surface area (Å²) in [6.45, 7) is 2.57. The summed E-state index contributed by atoms with van der Waals surface area (Å²) in [6, 6.07) is 6.32. The molecule has 4 heterocycles. The summed E-state index contributed by atoms with van der Waals surface area (Å²) in [5, 5.41) is 0.462. The summed E-state index contributed by atoms with van der Waals surface area (Å²) in [5.74, 6) is -0.770. The van der Waals surface area contributed by atoms with E-state index in [9.17, 15) is 18.0 Å². The average Bonchev–Trinajstić information content (AvgIpc) is 3.48. The van der Waals surface area contributed by atoms with Gasteiger partial charge in [0.1, 0.15) is 24.2 Å². The van der Waals surface area contributed by atoms with Gasteiger partial charge in [0, 0.05) is 17.6 Å². The molecule has 5 rings (SSSR count). The van der Waals surface area contributed by atoms with Crippen molar-refractivity contribution in [2.24, 2.45) is 0 Å². The minimum Gasteiger partial charge on any atom is -0.491 e. The number of rotatable bonds is 4. The number of H-pyrrole nitrogens is 1. The van der Waals surface area contributed by atoms with E-state index in [0.717, 1.165) is 25.2 Å². The fraction of sp³-hybridized carbons (Fsp3) is 0.333. The van der Waals surface area contributed by atoms with Crippen LogP contribution in [0.2, 0.25) is 0 Å². The molecule has 0 saturated carbocycles. The van der Waals surface area contributed by atoms with Crippen LogP contribution in [0.4, 0.5) is 19.0 Å². The van der Waals surface area contributed by atoms with E-state index >= 15 is 0 Å². The summed E-state index contributed by atoms with van der Waals surface area (Å²) in [4.78, 5) is 29.9. The van der Waals surface area contributed by atoms with Crippen molar-refractivity contribution in [3.63, 3.8) is 0 Å². The Labute approximate surface area is 180 Å². The predicted octanol–water partition coefficient (Wildman–Crippen LogP) is 3.87. The Hall–Kier alpha value is -3.63. The van der Waals surface area contributed by atoms with Gasteiger partial charge in [-0.1, -0.05) is 6.07 Å². The molecule has 0 radical (unpaired) electrons. The number of aromatic nitrogens is 5. The Morgan fingerprint density at radius 1 is 1.28 bits per heavy atom. The maximum absolute atomic E-state index is 13.0. The van der Waals surface area contributed by atoms with Crippen LogP contribution >= 0.6 is 0 Å². The van der Waals surface area contributed by atoms with Crippen molar-refractivity contribution in [1.29, 1.82) is 0 Å². The number of alkyl halides is 3. The molecule has 0 amide bonds. The third kappa shape index (κ3) is 3.33. The summed E-state index contributed by atoms with van der Waals surface area (Å²) in [6.07, 6.45) is -0.0917. The number of anilines is 1. The first kappa shape index (κ1) is 20.3. The van der Waals surface area contributed by atoms with Crippen LogP contribution in [0, 0.1) is 6.92 Å². The Morgan fingerprint density at radius 3 is 2.94 bits per heavy atom. The highest BCUT2D eigenvalue weighted by molar-refractivity contribution is 5.98. The zero-order valence-electron chi connectivity index (χ0n) is 17.1. The lowest BCUT2D eigenvalue weighted by Gasteiger charge is -2.25. The molecule has 0 aliphatic carbocycles. The van der Waals surface area contributed by atoms with Crippen molar-refractivity contribution in [3.8, 4) is 5.75 Å². The molecule has 32 heavy (non-hydrogen) atoms. The van der Waals surface area contributed by atoms with Crippen molar-refractivity contribution >= 4 is 33.8 Å². The number of carbonyl (C=O) groups is 1. The van der Waals surface area contributed by atoms with E-state index in [2.05, 4.69) is 24.8 Å². The lowest BCUT2D eigenvalue weighted by atomic mass is 10.2. The summed E-state index contributed by atoms with van der Waals surface area (Å²) in [5.41, 5.74) is 1.69. The van der Waals surface area contributed by atoms with E-state index in [0.29, 0.717) is 33.5 Å². The lowest BCUT2D eigenvalue weighted by molar-refractivity contribution is -0.0944. The molecule has 3 aromatic heterocycles. The van der Waals surface area contributed by atoms with Crippen molar-refractivity contribution in [1.82, 2.24) is 24.5 Å². The van der Waals surface area contributed by atoms with Crippen molar-refractivity contribution in [2.45, 2.75) is 32.0 Å². The summed E-state index contributed by atoms with van der Waals surface area (Å²) >= 11 is 0. The van der Waals surface area contributed by atoms with Crippen LogP contribution in [0.1, 0.15) is 23.3 Å².